The molecule has 3 aliphatic heterocycles. The number of carbonyl (C=O) groups excluding carboxylic acids is 2. The van der Waals surface area contributed by atoms with Crippen LogP contribution in [0.3, 0.4) is 0 Å². The van der Waals surface area contributed by atoms with Gasteiger partial charge in [-0.1, -0.05) is 18.2 Å². The molecule has 2 unspecified atom stereocenters. The molecule has 6 heteroatoms. The number of nitrogens with zero attached hydrogens (tertiary/aromatic N) is 2. The molecular formula is C19H26ClN3O2. The summed E-state index contributed by atoms with van der Waals surface area (Å²) in [6, 6.07) is 10.3. The molecule has 4 rings (SSSR count). The van der Waals surface area contributed by atoms with E-state index in [0.717, 1.165) is 44.3 Å². The van der Waals surface area contributed by atoms with Crippen molar-refractivity contribution in [2.45, 2.75) is 43.8 Å². The van der Waals surface area contributed by atoms with Crippen LogP contribution in [0, 0.1) is 5.92 Å². The number of benzene rings is 1. The number of rotatable bonds is 3. The lowest BCUT2D eigenvalue weighted by Crippen LogP contribution is -2.58. The Morgan fingerprint density at radius 1 is 1.08 bits per heavy atom. The molecule has 25 heavy (non-hydrogen) atoms. The highest BCUT2D eigenvalue weighted by atomic mass is 35.5. The van der Waals surface area contributed by atoms with Crippen molar-refractivity contribution >= 4 is 24.2 Å². The molecule has 2 amide bonds. The number of halogens is 1. The van der Waals surface area contributed by atoms with Gasteiger partial charge in [-0.15, -0.1) is 12.4 Å². The number of fused-ring (bicyclic) bond motifs is 2. The van der Waals surface area contributed by atoms with E-state index in [2.05, 4.69) is 10.2 Å². The van der Waals surface area contributed by atoms with E-state index in [1.807, 2.05) is 42.3 Å². The average molecular weight is 364 g/mol. The van der Waals surface area contributed by atoms with Crippen molar-refractivity contribution in [3.05, 3.63) is 35.9 Å². The third-order valence-corrected chi connectivity index (χ3v) is 5.98. The maximum atomic E-state index is 12.7. The average Bonchev–Trinajstić information content (AvgIpc) is 2.82. The molecular weight excluding hydrogens is 338 g/mol. The molecule has 1 aromatic carbocycles. The summed E-state index contributed by atoms with van der Waals surface area (Å²) in [4.78, 5) is 29.4. The fourth-order valence-corrected chi connectivity index (χ4v) is 4.45. The minimum absolute atomic E-state index is 0. The van der Waals surface area contributed by atoms with Crippen LogP contribution in [0.4, 0.5) is 0 Å². The van der Waals surface area contributed by atoms with E-state index in [9.17, 15) is 9.59 Å². The van der Waals surface area contributed by atoms with E-state index in [1.54, 1.807) is 0 Å². The van der Waals surface area contributed by atoms with E-state index in [-0.39, 0.29) is 30.3 Å². The highest BCUT2D eigenvalue weighted by Gasteiger charge is 2.46. The zero-order chi connectivity index (χ0) is 16.7. The van der Waals surface area contributed by atoms with Gasteiger partial charge >= 0.3 is 0 Å². The van der Waals surface area contributed by atoms with Crippen LogP contribution in [-0.4, -0.2) is 59.9 Å². The van der Waals surface area contributed by atoms with Gasteiger partial charge < -0.3 is 15.1 Å². The Bertz CT molecular complexity index is 621. The third-order valence-electron chi connectivity index (χ3n) is 5.98. The molecule has 0 aromatic heterocycles. The number of hydrogen-bond donors (Lipinski definition) is 1. The standard InChI is InChI=1S/C19H25N3O2.ClH/c1-21(18(23)13-5-3-2-4-6-13)17-9-15-7-8-16(10-17)22(15)19(24)14-11-20-12-14;/h2-6,14-17,20H,7-12H2,1H3;1H. The van der Waals surface area contributed by atoms with Crippen LogP contribution in [0.25, 0.3) is 0 Å². The molecule has 2 bridgehead atoms. The normalized spacial score (nSPS) is 28.0. The van der Waals surface area contributed by atoms with Gasteiger partial charge in [0.1, 0.15) is 0 Å². The first-order valence-electron chi connectivity index (χ1n) is 9.00. The van der Waals surface area contributed by atoms with Gasteiger partial charge in [0.2, 0.25) is 5.91 Å². The molecule has 3 saturated heterocycles. The number of hydrogen-bond acceptors (Lipinski definition) is 3. The molecule has 3 fully saturated rings. The molecule has 136 valence electrons. The topological polar surface area (TPSA) is 52.7 Å². The number of piperidine rings is 1. The quantitative estimate of drug-likeness (QED) is 0.892. The summed E-state index contributed by atoms with van der Waals surface area (Å²) in [5, 5.41) is 3.19. The van der Waals surface area contributed by atoms with Crippen molar-refractivity contribution in [3.63, 3.8) is 0 Å². The first kappa shape index (κ1) is 18.2. The predicted molar refractivity (Wildman–Crippen MR) is 98.8 cm³/mol. The van der Waals surface area contributed by atoms with Gasteiger partial charge in [0.15, 0.2) is 0 Å². The van der Waals surface area contributed by atoms with Crippen LogP contribution < -0.4 is 5.32 Å². The van der Waals surface area contributed by atoms with Crippen molar-refractivity contribution in [1.29, 1.82) is 0 Å². The number of carbonyl (C=O) groups is 2. The molecule has 1 aromatic rings. The van der Waals surface area contributed by atoms with Gasteiger partial charge in [-0.2, -0.15) is 0 Å². The van der Waals surface area contributed by atoms with Gasteiger partial charge in [0.05, 0.1) is 5.92 Å². The Morgan fingerprint density at radius 3 is 2.20 bits per heavy atom. The summed E-state index contributed by atoms with van der Waals surface area (Å²) in [6.45, 7) is 1.65. The van der Waals surface area contributed by atoms with E-state index >= 15 is 0 Å². The van der Waals surface area contributed by atoms with Crippen LogP contribution in [0.2, 0.25) is 0 Å². The summed E-state index contributed by atoms with van der Waals surface area (Å²) < 4.78 is 0. The minimum atomic E-state index is 0. The van der Waals surface area contributed by atoms with Crippen LogP contribution in [0.15, 0.2) is 30.3 Å². The van der Waals surface area contributed by atoms with Crippen LogP contribution >= 0.6 is 12.4 Å². The fraction of sp³-hybridized carbons (Fsp3) is 0.579. The zero-order valence-electron chi connectivity index (χ0n) is 14.6. The van der Waals surface area contributed by atoms with Gasteiger partial charge in [-0.25, -0.2) is 0 Å². The Hall–Kier alpha value is -1.59. The monoisotopic (exact) mass is 363 g/mol. The highest BCUT2D eigenvalue weighted by Crippen LogP contribution is 2.38. The Kier molecular flexibility index (Phi) is 5.35. The van der Waals surface area contributed by atoms with Crippen molar-refractivity contribution in [2.75, 3.05) is 20.1 Å². The highest BCUT2D eigenvalue weighted by molar-refractivity contribution is 5.94. The van der Waals surface area contributed by atoms with Gasteiger partial charge in [-0.05, 0) is 37.8 Å². The summed E-state index contributed by atoms with van der Waals surface area (Å²) in [6.07, 6.45) is 4.00. The second-order valence-electron chi connectivity index (χ2n) is 7.39. The number of amides is 2. The largest absolute Gasteiger partial charge is 0.339 e. The van der Waals surface area contributed by atoms with Crippen molar-refractivity contribution < 1.29 is 9.59 Å². The molecule has 5 nitrogen and oxygen atoms in total. The molecule has 3 heterocycles. The first-order chi connectivity index (χ1) is 11.6. The molecule has 0 spiro atoms. The maximum absolute atomic E-state index is 12.7. The van der Waals surface area contributed by atoms with Gasteiger partial charge in [0.25, 0.3) is 5.91 Å². The number of nitrogens with one attached hydrogen (secondary N) is 1. The predicted octanol–water partition coefficient (Wildman–Crippen LogP) is 1.92. The second-order valence-corrected chi connectivity index (χ2v) is 7.39. The lowest BCUT2D eigenvalue weighted by atomic mass is 9.92. The smallest absolute Gasteiger partial charge is 0.253 e. The summed E-state index contributed by atoms with van der Waals surface area (Å²) in [5.74, 6) is 0.591. The summed E-state index contributed by atoms with van der Waals surface area (Å²) in [7, 11) is 1.91. The van der Waals surface area contributed by atoms with Gasteiger partial charge in [0, 0.05) is 43.8 Å². The van der Waals surface area contributed by atoms with E-state index < -0.39 is 0 Å². The van der Waals surface area contributed by atoms with E-state index in [1.165, 1.54) is 0 Å². The van der Waals surface area contributed by atoms with Crippen molar-refractivity contribution in [3.8, 4) is 0 Å². The Labute approximate surface area is 155 Å². The zero-order valence-corrected chi connectivity index (χ0v) is 15.4. The van der Waals surface area contributed by atoms with Crippen LogP contribution in [-0.2, 0) is 4.79 Å². The van der Waals surface area contributed by atoms with Crippen LogP contribution in [0.1, 0.15) is 36.0 Å². The molecule has 3 aliphatic rings. The first-order valence-corrected chi connectivity index (χ1v) is 9.00. The van der Waals surface area contributed by atoms with Crippen molar-refractivity contribution in [1.82, 2.24) is 15.1 Å². The molecule has 0 radical (unpaired) electrons. The summed E-state index contributed by atoms with van der Waals surface area (Å²) >= 11 is 0. The fourth-order valence-electron chi connectivity index (χ4n) is 4.45. The van der Waals surface area contributed by atoms with E-state index in [4.69, 9.17) is 0 Å². The molecule has 2 atom stereocenters. The van der Waals surface area contributed by atoms with Gasteiger partial charge in [-0.3, -0.25) is 9.59 Å². The van der Waals surface area contributed by atoms with E-state index in [0.29, 0.717) is 18.0 Å². The second kappa shape index (κ2) is 7.34. The lowest BCUT2D eigenvalue weighted by Gasteiger charge is -2.44. The Morgan fingerprint density at radius 2 is 1.68 bits per heavy atom. The SMILES string of the molecule is CN(C(=O)c1ccccc1)C1CC2CCC(C1)N2C(=O)C1CNC1.Cl. The molecule has 0 aliphatic carbocycles. The Balaban J connectivity index is 0.00000182. The maximum Gasteiger partial charge on any atom is 0.253 e. The third kappa shape index (κ3) is 3.27. The summed E-state index contributed by atoms with van der Waals surface area (Å²) in [5.41, 5.74) is 0.742. The lowest BCUT2D eigenvalue weighted by molar-refractivity contribution is -0.142. The van der Waals surface area contributed by atoms with Crippen LogP contribution in [0.5, 0.6) is 0 Å². The van der Waals surface area contributed by atoms with Crippen molar-refractivity contribution in [2.24, 2.45) is 5.92 Å². The molecule has 0 saturated carbocycles. The molecule has 1 N–H and O–H groups in total. The minimum Gasteiger partial charge on any atom is -0.339 e.